The molecule has 0 saturated heterocycles. The van der Waals surface area contributed by atoms with E-state index in [1.807, 2.05) is 6.07 Å². The van der Waals surface area contributed by atoms with Crippen LogP contribution in [0.4, 0.5) is 0 Å². The van der Waals surface area contributed by atoms with Crippen LogP contribution in [-0.2, 0) is 0 Å². The molecule has 6 rings (SSSR count). The molecule has 0 heterocycles. The van der Waals surface area contributed by atoms with Crippen molar-refractivity contribution in [3.05, 3.63) is 185 Å². The second-order valence-corrected chi connectivity index (χ2v) is 10.2. The van der Waals surface area contributed by atoms with Gasteiger partial charge in [-0.25, -0.2) is 0 Å². The van der Waals surface area contributed by atoms with Crippen molar-refractivity contribution in [1.29, 1.82) is 0 Å². The number of hydrogen-bond donors (Lipinski definition) is 0. The lowest BCUT2D eigenvalue weighted by atomic mass is 9.66. The Labute approximate surface area is 226 Å². The Hall–Kier alpha value is -4.42. The maximum Gasteiger partial charge on any atom is 0.0137 e. The molecule has 0 aromatic heterocycles. The Morgan fingerprint density at radius 2 is 1.08 bits per heavy atom. The number of benzene rings is 3. The molecule has 4 unspecified atom stereocenters. The van der Waals surface area contributed by atoms with Crippen molar-refractivity contribution in [1.82, 2.24) is 0 Å². The zero-order chi connectivity index (χ0) is 25.9. The molecule has 0 fully saturated rings. The molecule has 3 aliphatic rings. The summed E-state index contributed by atoms with van der Waals surface area (Å²) in [6, 6.07) is 30.1. The van der Waals surface area contributed by atoms with Crippen LogP contribution in [-0.4, -0.2) is 0 Å². The Morgan fingerprint density at radius 1 is 0.553 bits per heavy atom. The summed E-state index contributed by atoms with van der Waals surface area (Å²) in [5.74, 6) is 0.903. The molecule has 38 heavy (non-hydrogen) atoms. The number of allylic oxidation sites excluding steroid dienone is 11. The molecule has 0 heteroatoms. The van der Waals surface area contributed by atoms with Gasteiger partial charge in [0.25, 0.3) is 0 Å². The highest BCUT2D eigenvalue weighted by Crippen LogP contribution is 2.45. The lowest BCUT2D eigenvalue weighted by molar-refractivity contribution is 0.637. The second kappa shape index (κ2) is 10.5. The van der Waals surface area contributed by atoms with E-state index in [1.165, 1.54) is 38.3 Å². The molecular formula is C38H32. The van der Waals surface area contributed by atoms with E-state index in [4.69, 9.17) is 6.58 Å². The summed E-state index contributed by atoms with van der Waals surface area (Å²) in [5.41, 5.74) is 7.41. The minimum absolute atomic E-state index is 0.202. The van der Waals surface area contributed by atoms with Gasteiger partial charge in [-0.15, -0.1) is 0 Å². The topological polar surface area (TPSA) is 0 Å². The Kier molecular flexibility index (Phi) is 6.63. The molecule has 3 aromatic rings. The molecule has 0 aliphatic heterocycles. The van der Waals surface area contributed by atoms with E-state index in [2.05, 4.69) is 146 Å². The highest BCUT2D eigenvalue weighted by molar-refractivity contribution is 5.82. The standard InChI is InChI=1S/C38H32/c1-27(25-26-29-15-5-3-6-16-29)37-33-21-11-13-23-35(33)38(36-24-14-12-22-34(36)37)28(2)31-19-9-10-20-32(31)30-17-7-4-8-18-30/h3-26,31-33,35H,1-2H2/b26-25-. The third-order valence-corrected chi connectivity index (χ3v) is 8.00. The summed E-state index contributed by atoms with van der Waals surface area (Å²) >= 11 is 0. The second-order valence-electron chi connectivity index (χ2n) is 10.2. The van der Waals surface area contributed by atoms with Gasteiger partial charge in [0.2, 0.25) is 0 Å². The molecule has 0 N–H and O–H groups in total. The summed E-state index contributed by atoms with van der Waals surface area (Å²) in [4.78, 5) is 0. The zero-order valence-corrected chi connectivity index (χ0v) is 21.6. The van der Waals surface area contributed by atoms with Crippen LogP contribution < -0.4 is 10.4 Å². The van der Waals surface area contributed by atoms with Gasteiger partial charge in [-0.05, 0) is 43.9 Å². The first kappa shape index (κ1) is 23.9. The van der Waals surface area contributed by atoms with E-state index >= 15 is 0 Å². The van der Waals surface area contributed by atoms with E-state index in [9.17, 15) is 0 Å². The van der Waals surface area contributed by atoms with Gasteiger partial charge in [-0.1, -0.05) is 159 Å². The van der Waals surface area contributed by atoms with Gasteiger partial charge in [-0.2, -0.15) is 0 Å². The number of rotatable bonds is 6. The van der Waals surface area contributed by atoms with Crippen LogP contribution in [0, 0.1) is 17.8 Å². The van der Waals surface area contributed by atoms with Gasteiger partial charge in [0.15, 0.2) is 0 Å². The Bertz CT molecular complexity index is 1640. The van der Waals surface area contributed by atoms with Gasteiger partial charge < -0.3 is 0 Å². The fourth-order valence-electron chi connectivity index (χ4n) is 6.21. The minimum Gasteiger partial charge on any atom is -0.0949 e. The zero-order valence-electron chi connectivity index (χ0n) is 21.6. The summed E-state index contributed by atoms with van der Waals surface area (Å²) in [6.07, 6.45) is 22.4. The van der Waals surface area contributed by atoms with E-state index in [0.717, 1.165) is 5.57 Å². The van der Waals surface area contributed by atoms with Gasteiger partial charge >= 0.3 is 0 Å². The third kappa shape index (κ3) is 4.44. The monoisotopic (exact) mass is 488 g/mol. The SMILES string of the molecule is C=C(/C=C\c1ccccc1)C1=c2ccccc2=C(C(=C)C2C=CC=CC2c2ccccc2)C2C=CC=CC12. The van der Waals surface area contributed by atoms with Crippen LogP contribution in [0.5, 0.6) is 0 Å². The molecule has 0 radical (unpaired) electrons. The molecular weight excluding hydrogens is 456 g/mol. The largest absolute Gasteiger partial charge is 0.0949 e. The quantitative estimate of drug-likeness (QED) is 0.312. The summed E-state index contributed by atoms with van der Waals surface area (Å²) in [6.45, 7) is 9.35. The fraction of sp³-hybridized carbons (Fsp3) is 0.105. The van der Waals surface area contributed by atoms with Crippen molar-refractivity contribution in [3.8, 4) is 0 Å². The highest BCUT2D eigenvalue weighted by atomic mass is 14.4. The molecule has 3 aliphatic carbocycles. The molecule has 0 spiro atoms. The smallest absolute Gasteiger partial charge is 0.0137 e. The van der Waals surface area contributed by atoms with Crippen molar-refractivity contribution in [3.63, 3.8) is 0 Å². The Morgan fingerprint density at radius 3 is 1.76 bits per heavy atom. The predicted octanol–water partition coefficient (Wildman–Crippen LogP) is 7.71. The molecule has 3 aromatic carbocycles. The lowest BCUT2D eigenvalue weighted by Gasteiger charge is -2.37. The highest BCUT2D eigenvalue weighted by Gasteiger charge is 2.35. The minimum atomic E-state index is 0.202. The number of hydrogen-bond acceptors (Lipinski definition) is 0. The molecule has 0 amide bonds. The maximum absolute atomic E-state index is 4.79. The molecule has 184 valence electrons. The van der Waals surface area contributed by atoms with E-state index in [1.54, 1.807) is 0 Å². The fourth-order valence-corrected chi connectivity index (χ4v) is 6.21. The van der Waals surface area contributed by atoms with E-state index in [-0.39, 0.29) is 23.7 Å². The van der Waals surface area contributed by atoms with Crippen molar-refractivity contribution < 1.29 is 0 Å². The van der Waals surface area contributed by atoms with Gasteiger partial charge in [0, 0.05) is 23.7 Å². The van der Waals surface area contributed by atoms with Crippen LogP contribution in [0.2, 0.25) is 0 Å². The Balaban J connectivity index is 1.50. The first-order valence-corrected chi connectivity index (χ1v) is 13.4. The lowest BCUT2D eigenvalue weighted by Crippen LogP contribution is -2.41. The van der Waals surface area contributed by atoms with Gasteiger partial charge in [-0.3, -0.25) is 0 Å². The van der Waals surface area contributed by atoms with Crippen LogP contribution in [0.25, 0.3) is 17.2 Å². The first-order valence-electron chi connectivity index (χ1n) is 13.4. The van der Waals surface area contributed by atoms with E-state index in [0.29, 0.717) is 0 Å². The number of fused-ring (bicyclic) bond motifs is 2. The summed E-state index contributed by atoms with van der Waals surface area (Å²) < 4.78 is 0. The average molecular weight is 489 g/mol. The van der Waals surface area contributed by atoms with Crippen LogP contribution in [0.15, 0.2) is 164 Å². The van der Waals surface area contributed by atoms with Crippen molar-refractivity contribution in [2.45, 2.75) is 5.92 Å². The van der Waals surface area contributed by atoms with Crippen molar-refractivity contribution >= 4 is 17.2 Å². The maximum atomic E-state index is 4.79. The third-order valence-electron chi connectivity index (χ3n) is 8.00. The van der Waals surface area contributed by atoms with Gasteiger partial charge in [0.05, 0.1) is 0 Å². The summed E-state index contributed by atoms with van der Waals surface area (Å²) in [7, 11) is 0. The molecule has 0 bridgehead atoms. The van der Waals surface area contributed by atoms with E-state index < -0.39 is 0 Å². The van der Waals surface area contributed by atoms with Crippen LogP contribution in [0.1, 0.15) is 17.0 Å². The van der Waals surface area contributed by atoms with Crippen molar-refractivity contribution in [2.75, 3.05) is 0 Å². The molecule has 0 nitrogen and oxygen atoms in total. The average Bonchev–Trinajstić information content (AvgIpc) is 2.99. The van der Waals surface area contributed by atoms with Crippen molar-refractivity contribution in [2.24, 2.45) is 17.8 Å². The predicted molar refractivity (Wildman–Crippen MR) is 162 cm³/mol. The molecule has 0 saturated carbocycles. The van der Waals surface area contributed by atoms with Crippen LogP contribution in [0.3, 0.4) is 0 Å². The summed E-state index contributed by atoms with van der Waals surface area (Å²) in [5, 5.41) is 2.54. The molecule has 4 atom stereocenters. The first-order chi connectivity index (χ1) is 18.7. The van der Waals surface area contributed by atoms with Crippen LogP contribution >= 0.6 is 0 Å². The normalized spacial score (nSPS) is 23.4. The van der Waals surface area contributed by atoms with Gasteiger partial charge in [0.1, 0.15) is 0 Å².